The van der Waals surface area contributed by atoms with E-state index in [2.05, 4.69) is 10.4 Å². The molecule has 1 aromatic heterocycles. The highest BCUT2D eigenvalue weighted by Gasteiger charge is 2.23. The van der Waals surface area contributed by atoms with Crippen molar-refractivity contribution >= 4 is 22.6 Å². The van der Waals surface area contributed by atoms with Gasteiger partial charge in [-0.2, -0.15) is 5.10 Å². The minimum atomic E-state index is -1.16. The van der Waals surface area contributed by atoms with Crippen molar-refractivity contribution in [1.29, 1.82) is 0 Å². The number of nitrogens with zero attached hydrogens (tertiary/aromatic N) is 2. The van der Waals surface area contributed by atoms with Gasteiger partial charge in [-0.15, -0.1) is 0 Å². The van der Waals surface area contributed by atoms with Crippen LogP contribution in [0, 0.1) is 5.92 Å². The summed E-state index contributed by atoms with van der Waals surface area (Å²) in [5, 5.41) is 16.7. The number of aromatic nitrogens is 2. The van der Waals surface area contributed by atoms with Crippen molar-refractivity contribution in [2.24, 2.45) is 5.92 Å². The lowest BCUT2D eigenvalue weighted by atomic mass is 10.1. The number of rotatable bonds is 8. The summed E-state index contributed by atoms with van der Waals surface area (Å²) in [4.78, 5) is 36.6. The molecule has 2 N–H and O–H groups in total. The van der Waals surface area contributed by atoms with Gasteiger partial charge in [0.05, 0.1) is 5.39 Å². The Morgan fingerprint density at radius 2 is 1.92 bits per heavy atom. The average Bonchev–Trinajstić information content (AvgIpc) is 2.60. The Hall–Kier alpha value is -2.74. The molecule has 0 bridgehead atoms. The highest BCUT2D eigenvalue weighted by atomic mass is 16.5. The number of carboxylic acids is 1. The fourth-order valence-electron chi connectivity index (χ4n) is 2.59. The number of carbonyl (C=O) groups excluding carboxylic acids is 1. The molecule has 2 aromatic rings. The average molecular weight is 361 g/mol. The van der Waals surface area contributed by atoms with Crippen LogP contribution in [0.5, 0.6) is 0 Å². The minimum absolute atomic E-state index is 0.0320. The Labute approximate surface area is 150 Å². The largest absolute Gasteiger partial charge is 0.480 e. The molecule has 1 amide bonds. The summed E-state index contributed by atoms with van der Waals surface area (Å²) in [5.41, 5.74) is -0.246. The second-order valence-electron chi connectivity index (χ2n) is 6.42. The zero-order chi connectivity index (χ0) is 19.3. The van der Waals surface area contributed by atoms with Crippen LogP contribution in [0.2, 0.25) is 0 Å². The molecule has 1 atom stereocenters. The molecule has 0 fully saturated rings. The Morgan fingerprint density at radius 1 is 1.27 bits per heavy atom. The van der Waals surface area contributed by atoms with E-state index in [9.17, 15) is 19.5 Å². The first-order chi connectivity index (χ1) is 12.3. The highest BCUT2D eigenvalue weighted by Crippen LogP contribution is 2.14. The van der Waals surface area contributed by atoms with Gasteiger partial charge < -0.3 is 15.2 Å². The van der Waals surface area contributed by atoms with Gasteiger partial charge in [-0.05, 0) is 12.0 Å². The van der Waals surface area contributed by atoms with Gasteiger partial charge in [-0.1, -0.05) is 32.0 Å². The summed E-state index contributed by atoms with van der Waals surface area (Å²) in [6.45, 7) is 4.43. The third-order valence-corrected chi connectivity index (χ3v) is 3.83. The van der Waals surface area contributed by atoms with E-state index in [1.165, 1.54) is 11.8 Å². The van der Waals surface area contributed by atoms with E-state index in [1.54, 1.807) is 24.3 Å². The predicted molar refractivity (Wildman–Crippen MR) is 96.2 cm³/mol. The molecule has 140 valence electrons. The number of hydrogen-bond acceptors (Lipinski definition) is 5. The zero-order valence-corrected chi connectivity index (χ0v) is 15.1. The summed E-state index contributed by atoms with van der Waals surface area (Å²) in [6.07, 6.45) is 0.126. The fourth-order valence-corrected chi connectivity index (χ4v) is 2.59. The van der Waals surface area contributed by atoms with Crippen LogP contribution in [0.3, 0.4) is 0 Å². The van der Waals surface area contributed by atoms with Crippen molar-refractivity contribution < 1.29 is 19.4 Å². The van der Waals surface area contributed by atoms with Crippen LogP contribution >= 0.6 is 0 Å². The number of benzene rings is 1. The topological polar surface area (TPSA) is 111 Å². The molecule has 1 unspecified atom stereocenters. The van der Waals surface area contributed by atoms with Crippen LogP contribution in [0.4, 0.5) is 0 Å². The lowest BCUT2D eigenvalue weighted by Gasteiger charge is -2.16. The molecule has 0 saturated carbocycles. The first kappa shape index (κ1) is 19.6. The maximum absolute atomic E-state index is 12.7. The molecule has 26 heavy (non-hydrogen) atoms. The molecule has 0 saturated heterocycles. The molecule has 1 aromatic carbocycles. The number of carbonyl (C=O) groups is 2. The van der Waals surface area contributed by atoms with Crippen LogP contribution in [0.1, 0.15) is 30.8 Å². The Kier molecular flexibility index (Phi) is 6.46. The van der Waals surface area contributed by atoms with Gasteiger partial charge >= 0.3 is 5.97 Å². The lowest BCUT2D eigenvalue weighted by molar-refractivity contribution is -0.139. The molecular formula is C18H23N3O5. The van der Waals surface area contributed by atoms with Gasteiger partial charge in [0.2, 0.25) is 0 Å². The van der Waals surface area contributed by atoms with Gasteiger partial charge in [-0.25, -0.2) is 9.48 Å². The van der Waals surface area contributed by atoms with Crippen LogP contribution < -0.4 is 10.9 Å². The third kappa shape index (κ3) is 4.45. The summed E-state index contributed by atoms with van der Waals surface area (Å²) < 4.78 is 6.14. The molecule has 8 heteroatoms. The maximum Gasteiger partial charge on any atom is 0.326 e. The fraction of sp³-hybridized carbons (Fsp3) is 0.444. The third-order valence-electron chi connectivity index (χ3n) is 3.83. The van der Waals surface area contributed by atoms with Gasteiger partial charge in [0.1, 0.15) is 6.04 Å². The number of fused-ring (bicyclic) bond motifs is 1. The van der Waals surface area contributed by atoms with Crippen molar-refractivity contribution in [2.75, 3.05) is 13.7 Å². The summed E-state index contributed by atoms with van der Waals surface area (Å²) >= 11 is 0. The number of ether oxygens (including phenoxy) is 1. The maximum atomic E-state index is 12.7. The van der Waals surface area contributed by atoms with Crippen LogP contribution in [-0.4, -0.2) is 46.5 Å². The lowest BCUT2D eigenvalue weighted by Crippen LogP contribution is -2.42. The van der Waals surface area contributed by atoms with E-state index < -0.39 is 17.9 Å². The van der Waals surface area contributed by atoms with Gasteiger partial charge in [0, 0.05) is 32.1 Å². The Balaban J connectivity index is 2.46. The standard InChI is InChI=1S/C18H23N3O5/c1-11(2)10-21-17(23)13-7-5-4-6-12(13)15(20-21)16(22)19-14(18(24)25)8-9-26-3/h4-7,11,14H,8-10H2,1-3H3,(H,19,22)(H,24,25). The monoisotopic (exact) mass is 361 g/mol. The van der Waals surface area contributed by atoms with E-state index in [-0.39, 0.29) is 30.2 Å². The van der Waals surface area contributed by atoms with Crippen LogP contribution in [0.25, 0.3) is 10.8 Å². The first-order valence-corrected chi connectivity index (χ1v) is 8.37. The molecule has 8 nitrogen and oxygen atoms in total. The molecule has 0 aliphatic carbocycles. The number of amides is 1. The van der Waals surface area contributed by atoms with Gasteiger partial charge in [0.25, 0.3) is 11.5 Å². The smallest absolute Gasteiger partial charge is 0.326 e. The number of hydrogen-bond donors (Lipinski definition) is 2. The number of methoxy groups -OCH3 is 1. The predicted octanol–water partition coefficient (Wildman–Crippen LogP) is 1.27. The molecule has 0 radical (unpaired) electrons. The van der Waals surface area contributed by atoms with Crippen LogP contribution in [-0.2, 0) is 16.1 Å². The van der Waals surface area contributed by atoms with Crippen molar-refractivity contribution in [3.05, 3.63) is 40.3 Å². The van der Waals surface area contributed by atoms with E-state index in [1.807, 2.05) is 13.8 Å². The van der Waals surface area contributed by atoms with E-state index in [0.717, 1.165) is 0 Å². The highest BCUT2D eigenvalue weighted by molar-refractivity contribution is 6.05. The molecule has 0 spiro atoms. The second kappa shape index (κ2) is 8.57. The van der Waals surface area contributed by atoms with Gasteiger partial charge in [0.15, 0.2) is 5.69 Å². The van der Waals surface area contributed by atoms with Crippen molar-refractivity contribution in [1.82, 2.24) is 15.1 Å². The molecule has 1 heterocycles. The molecule has 0 aliphatic heterocycles. The second-order valence-corrected chi connectivity index (χ2v) is 6.42. The summed E-state index contributed by atoms with van der Waals surface area (Å²) in [6, 6.07) is 5.57. The molecule has 2 rings (SSSR count). The van der Waals surface area contributed by atoms with Gasteiger partial charge in [-0.3, -0.25) is 9.59 Å². The van der Waals surface area contributed by atoms with Crippen molar-refractivity contribution in [3.63, 3.8) is 0 Å². The SMILES string of the molecule is COCCC(NC(=O)c1nn(CC(C)C)c(=O)c2ccccc12)C(=O)O. The molecule has 0 aliphatic rings. The van der Waals surface area contributed by atoms with E-state index in [0.29, 0.717) is 17.3 Å². The van der Waals surface area contributed by atoms with Crippen LogP contribution in [0.15, 0.2) is 29.1 Å². The quantitative estimate of drug-likeness (QED) is 0.733. The van der Waals surface area contributed by atoms with E-state index >= 15 is 0 Å². The van der Waals surface area contributed by atoms with Crippen molar-refractivity contribution in [2.45, 2.75) is 32.9 Å². The summed E-state index contributed by atoms with van der Waals surface area (Å²) in [5.74, 6) is -1.64. The van der Waals surface area contributed by atoms with Crippen molar-refractivity contribution in [3.8, 4) is 0 Å². The number of nitrogens with one attached hydrogen (secondary N) is 1. The molecular weight excluding hydrogens is 338 g/mol. The summed E-state index contributed by atoms with van der Waals surface area (Å²) in [7, 11) is 1.46. The minimum Gasteiger partial charge on any atom is -0.480 e. The van der Waals surface area contributed by atoms with E-state index in [4.69, 9.17) is 4.74 Å². The first-order valence-electron chi connectivity index (χ1n) is 8.37. The zero-order valence-electron chi connectivity index (χ0n) is 15.1. The number of carboxylic acid groups (broad SMARTS) is 1. The Bertz CT molecular complexity index is 860. The Morgan fingerprint density at radius 3 is 2.50 bits per heavy atom. The normalized spacial score (nSPS) is 12.3. The number of aliphatic carboxylic acids is 1.